The predicted octanol–water partition coefficient (Wildman–Crippen LogP) is 3.08. The first-order valence-electron chi connectivity index (χ1n) is 9.82. The maximum absolute atomic E-state index is 13.8. The van der Waals surface area contributed by atoms with E-state index in [0.29, 0.717) is 12.1 Å². The molecule has 0 aliphatic carbocycles. The van der Waals surface area contributed by atoms with Crippen molar-refractivity contribution in [3.8, 4) is 11.4 Å². The lowest BCUT2D eigenvalue weighted by molar-refractivity contribution is -0.141. The molecule has 2 aliphatic heterocycles. The Morgan fingerprint density at radius 3 is 2.32 bits per heavy atom. The van der Waals surface area contributed by atoms with Crippen molar-refractivity contribution in [3.63, 3.8) is 0 Å². The van der Waals surface area contributed by atoms with E-state index in [1.54, 1.807) is 44.2 Å². The van der Waals surface area contributed by atoms with Crippen LogP contribution in [0.3, 0.4) is 0 Å². The number of aromatic nitrogens is 4. The number of rotatable bonds is 6. The highest BCUT2D eigenvalue weighted by Crippen LogP contribution is 2.39. The second-order valence-corrected chi connectivity index (χ2v) is 8.04. The van der Waals surface area contributed by atoms with Gasteiger partial charge in [0, 0.05) is 62.8 Å². The minimum absolute atomic E-state index is 0.0603. The van der Waals surface area contributed by atoms with E-state index in [1.165, 1.54) is 9.47 Å². The number of carbonyl (C=O) groups excluding carboxylic acids is 1. The highest BCUT2D eigenvalue weighted by Gasteiger charge is 2.39. The van der Waals surface area contributed by atoms with Crippen molar-refractivity contribution in [3.05, 3.63) is 46.5 Å². The van der Waals surface area contributed by atoms with Gasteiger partial charge >= 0.3 is 6.18 Å². The van der Waals surface area contributed by atoms with Gasteiger partial charge in [0.25, 0.3) is 0 Å². The van der Waals surface area contributed by atoms with Gasteiger partial charge in [0.1, 0.15) is 12.4 Å². The van der Waals surface area contributed by atoms with Crippen molar-refractivity contribution >= 4 is 5.91 Å². The number of amides is 1. The maximum atomic E-state index is 13.8. The zero-order valence-corrected chi connectivity index (χ0v) is 18.6. The second kappa shape index (κ2) is 8.33. The summed E-state index contributed by atoms with van der Waals surface area (Å²) in [6, 6.07) is 3.27. The Labute approximate surface area is 179 Å². The van der Waals surface area contributed by atoms with Crippen molar-refractivity contribution in [2.75, 3.05) is 21.1 Å². The minimum atomic E-state index is -4.60. The predicted molar refractivity (Wildman–Crippen MR) is 110 cm³/mol. The molecule has 0 N–H and O–H groups in total. The molecule has 0 atom stereocenters. The van der Waals surface area contributed by atoms with Gasteiger partial charge in [0.05, 0.1) is 5.69 Å². The molecule has 31 heavy (non-hydrogen) atoms. The summed E-state index contributed by atoms with van der Waals surface area (Å²) >= 11 is 0. The molecule has 0 bridgehead atoms. The standard InChI is InChI=1S/C21H27F3N6O/c1-13-16(14(2)29(6)26-13)10-28(5)11-17-15-8-7-9-30(12-18(31)27(3)4)20(15)25-19(17)21(22,23)24/h7-9H,10-12H2,1-6H3. The molecule has 0 saturated heterocycles. The molecule has 10 heteroatoms. The van der Waals surface area contributed by atoms with Crippen molar-refractivity contribution in [1.82, 2.24) is 29.1 Å². The molecule has 2 aliphatic rings. The maximum Gasteiger partial charge on any atom is 0.433 e. The molecule has 1 aromatic rings. The van der Waals surface area contributed by atoms with Gasteiger partial charge in [-0.25, -0.2) is 4.98 Å². The fourth-order valence-electron chi connectivity index (χ4n) is 3.66. The number of fused-ring (bicyclic) bond motifs is 1. The van der Waals surface area contributed by atoms with Crippen molar-refractivity contribution < 1.29 is 18.0 Å². The van der Waals surface area contributed by atoms with Crippen LogP contribution in [0, 0.1) is 13.8 Å². The lowest BCUT2D eigenvalue weighted by Crippen LogP contribution is -2.26. The van der Waals surface area contributed by atoms with E-state index < -0.39 is 11.9 Å². The fourth-order valence-corrected chi connectivity index (χ4v) is 3.66. The Morgan fingerprint density at radius 2 is 1.77 bits per heavy atom. The van der Waals surface area contributed by atoms with E-state index in [-0.39, 0.29) is 30.4 Å². The summed E-state index contributed by atoms with van der Waals surface area (Å²) in [7, 11) is 6.82. The molecule has 1 aromatic heterocycles. The van der Waals surface area contributed by atoms with Crippen LogP contribution in [-0.2, 0) is 37.7 Å². The third-order valence-corrected chi connectivity index (χ3v) is 5.46. The summed E-state index contributed by atoms with van der Waals surface area (Å²) in [5, 5.41) is 4.38. The molecule has 0 aromatic carbocycles. The average molecular weight is 436 g/mol. The van der Waals surface area contributed by atoms with Gasteiger partial charge in [-0.1, -0.05) is 0 Å². The number of alkyl halides is 3. The molecular weight excluding hydrogens is 409 g/mol. The molecule has 0 fully saturated rings. The molecule has 0 radical (unpaired) electrons. The van der Waals surface area contributed by atoms with Crippen molar-refractivity contribution in [1.29, 1.82) is 0 Å². The van der Waals surface area contributed by atoms with Gasteiger partial charge in [-0.05, 0) is 33.0 Å². The zero-order valence-electron chi connectivity index (χ0n) is 18.6. The average Bonchev–Trinajstić information content (AvgIpc) is 3.15. The quantitative estimate of drug-likeness (QED) is 0.596. The largest absolute Gasteiger partial charge is 0.433 e. The normalized spacial score (nSPS) is 12.2. The highest BCUT2D eigenvalue weighted by molar-refractivity contribution is 5.76. The summed E-state index contributed by atoms with van der Waals surface area (Å²) in [6.07, 6.45) is -3.02. The molecule has 168 valence electrons. The number of hydrogen-bond donors (Lipinski definition) is 0. The first-order valence-corrected chi connectivity index (χ1v) is 9.82. The highest BCUT2D eigenvalue weighted by atomic mass is 19.4. The van der Waals surface area contributed by atoms with Crippen LogP contribution in [0.2, 0.25) is 0 Å². The summed E-state index contributed by atoms with van der Waals surface area (Å²) in [5.41, 5.74) is 2.42. The van der Waals surface area contributed by atoms with E-state index >= 15 is 0 Å². The van der Waals surface area contributed by atoms with Gasteiger partial charge in [-0.3, -0.25) is 14.4 Å². The van der Waals surface area contributed by atoms with E-state index in [4.69, 9.17) is 0 Å². The Balaban J connectivity index is 1.97. The third kappa shape index (κ3) is 4.58. The Hall–Kier alpha value is -2.88. The van der Waals surface area contributed by atoms with Gasteiger partial charge in [0.15, 0.2) is 5.69 Å². The number of nitrogens with zero attached hydrogens (tertiary/aromatic N) is 6. The van der Waals surface area contributed by atoms with Gasteiger partial charge in [0.2, 0.25) is 5.91 Å². The molecule has 0 spiro atoms. The zero-order chi connectivity index (χ0) is 23.1. The number of aryl methyl sites for hydroxylation is 2. The molecule has 0 unspecified atom stereocenters. The molecule has 3 rings (SSSR count). The van der Waals surface area contributed by atoms with Crippen LogP contribution in [-0.4, -0.2) is 56.2 Å². The minimum Gasteiger partial charge on any atom is -0.347 e. The summed E-state index contributed by atoms with van der Waals surface area (Å²) in [5.74, 6) is -0.0718. The van der Waals surface area contributed by atoms with Gasteiger partial charge in [-0.15, -0.1) is 0 Å². The molecule has 7 nitrogen and oxygen atoms in total. The molecule has 3 heterocycles. The first-order chi connectivity index (χ1) is 14.4. The van der Waals surface area contributed by atoms with Crippen LogP contribution in [0.25, 0.3) is 11.4 Å². The van der Waals surface area contributed by atoms with Gasteiger partial charge < -0.3 is 9.47 Å². The van der Waals surface area contributed by atoms with Crippen LogP contribution >= 0.6 is 0 Å². The molecule has 0 saturated carbocycles. The number of pyridine rings is 1. The van der Waals surface area contributed by atoms with Crippen molar-refractivity contribution in [2.45, 2.75) is 39.7 Å². The van der Waals surface area contributed by atoms with E-state index in [1.807, 2.05) is 25.8 Å². The smallest absolute Gasteiger partial charge is 0.347 e. The Bertz CT molecular complexity index is 1070. The number of halogens is 3. The van der Waals surface area contributed by atoms with Gasteiger partial charge in [-0.2, -0.15) is 18.3 Å². The first kappa shape index (κ1) is 22.8. The van der Waals surface area contributed by atoms with Crippen LogP contribution in [0.4, 0.5) is 13.2 Å². The number of hydrogen-bond acceptors (Lipinski definition) is 4. The fraction of sp³-hybridized carbons (Fsp3) is 0.476. The van der Waals surface area contributed by atoms with Crippen LogP contribution in [0.15, 0.2) is 18.3 Å². The lowest BCUT2D eigenvalue weighted by atomic mass is 10.1. The Kier molecular flexibility index (Phi) is 6.13. The molecule has 1 amide bonds. The SMILES string of the molecule is Cc1nn(C)c(C)c1CN(C)Cc1c2cccn(CC(=O)N(C)C)c-2nc1C(F)(F)F. The summed E-state index contributed by atoms with van der Waals surface area (Å²) in [4.78, 5) is 19.3. The molecular formula is C21H27F3N6O. The summed E-state index contributed by atoms with van der Waals surface area (Å²) < 4.78 is 44.7. The second-order valence-electron chi connectivity index (χ2n) is 8.04. The monoisotopic (exact) mass is 436 g/mol. The third-order valence-electron chi connectivity index (χ3n) is 5.46. The van der Waals surface area contributed by atoms with E-state index in [0.717, 1.165) is 17.0 Å². The van der Waals surface area contributed by atoms with Crippen LogP contribution in [0.1, 0.15) is 28.2 Å². The van der Waals surface area contributed by atoms with E-state index in [9.17, 15) is 18.0 Å². The summed E-state index contributed by atoms with van der Waals surface area (Å²) in [6.45, 7) is 4.27. The van der Waals surface area contributed by atoms with E-state index in [2.05, 4.69) is 10.1 Å². The number of carbonyl (C=O) groups is 1. The number of likely N-dealkylation sites (N-methyl/N-ethyl adjacent to an activating group) is 1. The van der Waals surface area contributed by atoms with Crippen LogP contribution < -0.4 is 0 Å². The topological polar surface area (TPSA) is 59.2 Å². The lowest BCUT2D eigenvalue weighted by Gasteiger charge is -2.19. The van der Waals surface area contributed by atoms with Crippen LogP contribution in [0.5, 0.6) is 0 Å². The van der Waals surface area contributed by atoms with Crippen molar-refractivity contribution in [2.24, 2.45) is 7.05 Å². The Morgan fingerprint density at radius 1 is 1.13 bits per heavy atom.